The van der Waals surface area contributed by atoms with Crippen LogP contribution in [0.2, 0.25) is 0 Å². The first kappa shape index (κ1) is 17.0. The summed E-state index contributed by atoms with van der Waals surface area (Å²) < 4.78 is 1.92. The molecule has 26 heavy (non-hydrogen) atoms. The molecule has 1 N–H and O–H groups in total. The molecular weight excluding hydrogens is 346 g/mol. The lowest BCUT2D eigenvalue weighted by molar-refractivity contribution is 0.102. The second-order valence-electron chi connectivity index (χ2n) is 7.05. The second-order valence-corrected chi connectivity index (χ2v) is 8.03. The molecule has 3 heterocycles. The van der Waals surface area contributed by atoms with E-state index in [0.29, 0.717) is 4.88 Å². The fourth-order valence-corrected chi connectivity index (χ4v) is 4.49. The highest BCUT2D eigenvalue weighted by Crippen LogP contribution is 2.26. The van der Waals surface area contributed by atoms with Gasteiger partial charge in [0.05, 0.1) is 0 Å². The number of piperidine rings is 1. The third-order valence-electron chi connectivity index (χ3n) is 5.13. The Bertz CT molecular complexity index is 935. The normalized spacial score (nSPS) is 15.6. The zero-order valence-electron chi connectivity index (χ0n) is 15.3. The van der Waals surface area contributed by atoms with Gasteiger partial charge in [0.2, 0.25) is 4.96 Å². The van der Waals surface area contributed by atoms with E-state index >= 15 is 0 Å². The molecule has 0 aliphatic carbocycles. The molecule has 7 heteroatoms. The number of aromatic nitrogens is 3. The first-order valence-corrected chi connectivity index (χ1v) is 9.82. The van der Waals surface area contributed by atoms with Crippen LogP contribution in [0.1, 0.15) is 41.0 Å². The minimum Gasteiger partial charge on any atom is -0.372 e. The number of nitrogens with zero attached hydrogens (tertiary/aromatic N) is 4. The number of hydrogen-bond acceptors (Lipinski definition) is 5. The number of rotatable bonds is 3. The van der Waals surface area contributed by atoms with Crippen molar-refractivity contribution >= 4 is 33.6 Å². The van der Waals surface area contributed by atoms with Crippen LogP contribution in [0.5, 0.6) is 0 Å². The van der Waals surface area contributed by atoms with Gasteiger partial charge in [0, 0.05) is 30.2 Å². The molecule has 0 atom stereocenters. The van der Waals surface area contributed by atoms with Gasteiger partial charge in [0.25, 0.3) is 5.91 Å². The minimum atomic E-state index is -0.100. The summed E-state index contributed by atoms with van der Waals surface area (Å²) in [7, 11) is 0. The van der Waals surface area contributed by atoms with Crippen LogP contribution >= 0.6 is 11.3 Å². The van der Waals surface area contributed by atoms with E-state index in [0.717, 1.165) is 41.2 Å². The van der Waals surface area contributed by atoms with Crippen LogP contribution in [-0.2, 0) is 0 Å². The lowest BCUT2D eigenvalue weighted by atomic mass is 9.99. The van der Waals surface area contributed by atoms with Gasteiger partial charge >= 0.3 is 0 Å². The number of fused-ring (bicyclic) bond motifs is 1. The number of carbonyl (C=O) groups is 1. The van der Waals surface area contributed by atoms with Gasteiger partial charge in [0.15, 0.2) is 0 Å². The Kier molecular flexibility index (Phi) is 4.40. The number of anilines is 2. The van der Waals surface area contributed by atoms with Gasteiger partial charge in [-0.2, -0.15) is 0 Å². The summed E-state index contributed by atoms with van der Waals surface area (Å²) in [5.74, 6) is 1.52. The van der Waals surface area contributed by atoms with E-state index in [1.165, 1.54) is 29.9 Å². The first-order chi connectivity index (χ1) is 12.5. The van der Waals surface area contributed by atoms with E-state index in [9.17, 15) is 4.79 Å². The highest BCUT2D eigenvalue weighted by Gasteiger charge is 2.19. The lowest BCUT2D eigenvalue weighted by Crippen LogP contribution is -2.32. The molecule has 3 aromatic rings. The van der Waals surface area contributed by atoms with Gasteiger partial charge < -0.3 is 10.2 Å². The molecule has 4 rings (SSSR count). The number of hydrogen-bond donors (Lipinski definition) is 1. The molecule has 2 aromatic heterocycles. The number of carbonyl (C=O) groups excluding carboxylic acids is 1. The number of benzene rings is 1. The van der Waals surface area contributed by atoms with Crippen LogP contribution in [0.4, 0.5) is 11.4 Å². The van der Waals surface area contributed by atoms with E-state index in [4.69, 9.17) is 0 Å². The highest BCUT2D eigenvalue weighted by atomic mass is 32.1. The zero-order chi connectivity index (χ0) is 18.3. The second kappa shape index (κ2) is 6.72. The number of amides is 1. The Morgan fingerprint density at radius 1 is 1.15 bits per heavy atom. The van der Waals surface area contributed by atoms with Crippen LogP contribution in [-0.4, -0.2) is 33.6 Å². The monoisotopic (exact) mass is 369 g/mol. The third-order valence-corrected chi connectivity index (χ3v) is 6.26. The SMILES string of the molecule is Cc1nnc2sc(C(=O)Nc3ccc(N4CCC(C)CC4)cc3)c(C)n12. The topological polar surface area (TPSA) is 62.5 Å². The van der Waals surface area contributed by atoms with Crippen LogP contribution < -0.4 is 10.2 Å². The molecule has 1 amide bonds. The smallest absolute Gasteiger partial charge is 0.267 e. The fraction of sp³-hybridized carbons (Fsp3) is 0.421. The Hall–Kier alpha value is -2.41. The Balaban J connectivity index is 1.48. The van der Waals surface area contributed by atoms with Gasteiger partial charge in [-0.05, 0) is 56.9 Å². The summed E-state index contributed by atoms with van der Waals surface area (Å²) in [4.78, 5) is 16.5. The summed E-state index contributed by atoms with van der Waals surface area (Å²) in [6.07, 6.45) is 2.48. The summed E-state index contributed by atoms with van der Waals surface area (Å²) in [6.45, 7) is 8.34. The predicted molar refractivity (Wildman–Crippen MR) is 105 cm³/mol. The van der Waals surface area contributed by atoms with Crippen molar-refractivity contribution in [2.75, 3.05) is 23.3 Å². The molecule has 0 saturated carbocycles. The maximum Gasteiger partial charge on any atom is 0.267 e. The van der Waals surface area contributed by atoms with Crippen molar-refractivity contribution in [3.05, 3.63) is 40.7 Å². The molecule has 1 aromatic carbocycles. The maximum absolute atomic E-state index is 12.7. The molecule has 0 bridgehead atoms. The lowest BCUT2D eigenvalue weighted by Gasteiger charge is -2.32. The predicted octanol–water partition coefficient (Wildman–Crippen LogP) is 3.90. The highest BCUT2D eigenvalue weighted by molar-refractivity contribution is 7.19. The molecular formula is C19H23N5OS. The van der Waals surface area contributed by atoms with Crippen molar-refractivity contribution in [2.45, 2.75) is 33.6 Å². The summed E-state index contributed by atoms with van der Waals surface area (Å²) in [5.41, 5.74) is 2.91. The largest absolute Gasteiger partial charge is 0.372 e. The van der Waals surface area contributed by atoms with Crippen molar-refractivity contribution in [2.24, 2.45) is 5.92 Å². The van der Waals surface area contributed by atoms with Gasteiger partial charge in [-0.3, -0.25) is 9.20 Å². The van der Waals surface area contributed by atoms with E-state index in [2.05, 4.69) is 39.5 Å². The average Bonchev–Trinajstić information content (AvgIpc) is 3.17. The van der Waals surface area contributed by atoms with E-state index in [1.54, 1.807) is 0 Å². The molecule has 1 aliphatic heterocycles. The average molecular weight is 369 g/mol. The van der Waals surface area contributed by atoms with Crippen molar-refractivity contribution in [3.8, 4) is 0 Å². The van der Waals surface area contributed by atoms with Gasteiger partial charge in [-0.1, -0.05) is 18.3 Å². The fourth-order valence-electron chi connectivity index (χ4n) is 3.48. The summed E-state index contributed by atoms with van der Waals surface area (Å²) >= 11 is 1.37. The van der Waals surface area contributed by atoms with E-state index < -0.39 is 0 Å². The van der Waals surface area contributed by atoms with E-state index in [1.807, 2.05) is 30.4 Å². The Labute approximate surface area is 156 Å². The third kappa shape index (κ3) is 3.07. The van der Waals surface area contributed by atoms with Gasteiger partial charge in [-0.25, -0.2) is 0 Å². The number of thiazole rings is 1. The molecule has 1 fully saturated rings. The first-order valence-electron chi connectivity index (χ1n) is 9.00. The van der Waals surface area contributed by atoms with E-state index in [-0.39, 0.29) is 5.91 Å². The summed E-state index contributed by atoms with van der Waals surface area (Å²) in [5, 5.41) is 11.1. The molecule has 0 unspecified atom stereocenters. The van der Waals surface area contributed by atoms with Crippen LogP contribution in [0.15, 0.2) is 24.3 Å². The van der Waals surface area contributed by atoms with Crippen molar-refractivity contribution in [1.29, 1.82) is 0 Å². The number of nitrogens with one attached hydrogen (secondary N) is 1. The zero-order valence-corrected chi connectivity index (χ0v) is 16.1. The van der Waals surface area contributed by atoms with Crippen LogP contribution in [0.25, 0.3) is 4.96 Å². The van der Waals surface area contributed by atoms with Crippen LogP contribution in [0, 0.1) is 19.8 Å². The Morgan fingerprint density at radius 3 is 2.50 bits per heavy atom. The molecule has 1 saturated heterocycles. The van der Waals surface area contributed by atoms with Crippen molar-refractivity contribution in [3.63, 3.8) is 0 Å². The maximum atomic E-state index is 12.7. The molecule has 136 valence electrons. The Morgan fingerprint density at radius 2 is 1.85 bits per heavy atom. The standard InChI is InChI=1S/C19H23N5OS/c1-12-8-10-23(11-9-12)16-6-4-15(5-7-16)20-18(25)17-13(2)24-14(3)21-22-19(24)26-17/h4-7,12H,8-11H2,1-3H3,(H,20,25). The van der Waals surface area contributed by atoms with Crippen molar-refractivity contribution in [1.82, 2.24) is 14.6 Å². The van der Waals surface area contributed by atoms with Crippen LogP contribution in [0.3, 0.4) is 0 Å². The summed E-state index contributed by atoms with van der Waals surface area (Å²) in [6, 6.07) is 8.14. The quantitative estimate of drug-likeness (QED) is 0.761. The van der Waals surface area contributed by atoms with Crippen molar-refractivity contribution < 1.29 is 4.79 Å². The van der Waals surface area contributed by atoms with Gasteiger partial charge in [-0.15, -0.1) is 10.2 Å². The molecule has 1 aliphatic rings. The molecule has 0 radical (unpaired) electrons. The number of aryl methyl sites for hydroxylation is 2. The minimum absolute atomic E-state index is 0.100. The molecule has 6 nitrogen and oxygen atoms in total. The molecule has 0 spiro atoms. The van der Waals surface area contributed by atoms with Gasteiger partial charge in [0.1, 0.15) is 10.7 Å².